The Morgan fingerprint density at radius 3 is 2.36 bits per heavy atom. The zero-order valence-corrected chi connectivity index (χ0v) is 8.95. The van der Waals surface area contributed by atoms with Gasteiger partial charge in [0, 0.05) is 20.2 Å². The SMILES string of the molecule is C=C/C=C/C(=O)N=C(C(=C)C)N(C)C. The third kappa shape index (κ3) is 4.40. The van der Waals surface area contributed by atoms with Gasteiger partial charge < -0.3 is 4.90 Å². The van der Waals surface area contributed by atoms with Crippen LogP contribution in [0.25, 0.3) is 0 Å². The highest BCUT2D eigenvalue weighted by Crippen LogP contribution is 1.97. The molecule has 0 aromatic rings. The third-order valence-corrected chi connectivity index (χ3v) is 1.40. The Bertz CT molecular complexity index is 298. The van der Waals surface area contributed by atoms with Crippen molar-refractivity contribution >= 4 is 11.7 Å². The molecule has 0 aromatic heterocycles. The lowest BCUT2D eigenvalue weighted by Gasteiger charge is -2.14. The van der Waals surface area contributed by atoms with Gasteiger partial charge in [0.05, 0.1) is 0 Å². The Morgan fingerprint density at radius 2 is 2.00 bits per heavy atom. The second-order valence-electron chi connectivity index (χ2n) is 3.04. The average molecular weight is 192 g/mol. The highest BCUT2D eigenvalue weighted by atomic mass is 16.1. The van der Waals surface area contributed by atoms with Gasteiger partial charge in [0.15, 0.2) is 0 Å². The maximum absolute atomic E-state index is 11.2. The Labute approximate surface area is 85.1 Å². The molecule has 0 saturated heterocycles. The number of carbonyl (C=O) groups is 1. The van der Waals surface area contributed by atoms with Crippen LogP contribution in [-0.4, -0.2) is 30.7 Å². The van der Waals surface area contributed by atoms with Crippen LogP contribution >= 0.6 is 0 Å². The van der Waals surface area contributed by atoms with Crippen LogP contribution in [0.5, 0.6) is 0 Å². The Hall–Kier alpha value is -1.64. The summed E-state index contributed by atoms with van der Waals surface area (Å²) in [4.78, 5) is 16.9. The molecule has 0 aliphatic rings. The molecule has 0 atom stereocenters. The Morgan fingerprint density at radius 1 is 1.43 bits per heavy atom. The molecule has 0 aromatic carbocycles. The van der Waals surface area contributed by atoms with Crippen LogP contribution in [0.1, 0.15) is 6.92 Å². The maximum atomic E-state index is 11.2. The quantitative estimate of drug-likeness (QED) is 0.295. The molecule has 0 spiro atoms. The van der Waals surface area contributed by atoms with Gasteiger partial charge in [0.1, 0.15) is 5.84 Å². The molecule has 0 aliphatic carbocycles. The highest BCUT2D eigenvalue weighted by Gasteiger charge is 2.04. The summed E-state index contributed by atoms with van der Waals surface area (Å²) in [6.07, 6.45) is 4.44. The number of likely N-dealkylation sites (N-methyl/N-ethyl adjacent to an activating group) is 1. The monoisotopic (exact) mass is 192 g/mol. The first kappa shape index (κ1) is 12.4. The zero-order valence-electron chi connectivity index (χ0n) is 8.95. The van der Waals surface area contributed by atoms with Crippen LogP contribution in [0.3, 0.4) is 0 Å². The number of hydrogen-bond acceptors (Lipinski definition) is 1. The number of allylic oxidation sites excluding steroid dienone is 2. The van der Waals surface area contributed by atoms with Crippen molar-refractivity contribution in [3.63, 3.8) is 0 Å². The lowest BCUT2D eigenvalue weighted by Crippen LogP contribution is -2.23. The molecule has 3 heteroatoms. The van der Waals surface area contributed by atoms with E-state index in [0.29, 0.717) is 5.84 Å². The molecule has 0 rings (SSSR count). The first-order valence-corrected chi connectivity index (χ1v) is 4.24. The summed E-state index contributed by atoms with van der Waals surface area (Å²) in [5, 5.41) is 0. The molecule has 14 heavy (non-hydrogen) atoms. The molecule has 0 aliphatic heterocycles. The van der Waals surface area contributed by atoms with E-state index in [9.17, 15) is 4.79 Å². The average Bonchev–Trinajstić information content (AvgIpc) is 2.09. The number of nitrogens with zero attached hydrogens (tertiary/aromatic N) is 2. The maximum Gasteiger partial charge on any atom is 0.271 e. The fraction of sp³-hybridized carbons (Fsp3) is 0.273. The number of amides is 1. The second-order valence-corrected chi connectivity index (χ2v) is 3.04. The van der Waals surface area contributed by atoms with Crippen molar-refractivity contribution in [1.82, 2.24) is 4.90 Å². The van der Waals surface area contributed by atoms with Crippen molar-refractivity contribution < 1.29 is 4.79 Å². The van der Waals surface area contributed by atoms with Crippen LogP contribution in [0.2, 0.25) is 0 Å². The molecule has 0 saturated carbocycles. The third-order valence-electron chi connectivity index (χ3n) is 1.40. The van der Waals surface area contributed by atoms with Gasteiger partial charge >= 0.3 is 0 Å². The van der Waals surface area contributed by atoms with Gasteiger partial charge in [-0.3, -0.25) is 4.79 Å². The summed E-state index contributed by atoms with van der Waals surface area (Å²) >= 11 is 0. The van der Waals surface area contributed by atoms with Gasteiger partial charge in [0.2, 0.25) is 0 Å². The molecular weight excluding hydrogens is 176 g/mol. The number of hydrogen-bond donors (Lipinski definition) is 0. The number of rotatable bonds is 3. The molecule has 0 heterocycles. The van der Waals surface area contributed by atoms with E-state index in [1.165, 1.54) is 12.2 Å². The van der Waals surface area contributed by atoms with Crippen LogP contribution in [0.4, 0.5) is 0 Å². The van der Waals surface area contributed by atoms with Crippen LogP contribution in [0, 0.1) is 0 Å². The van der Waals surface area contributed by atoms with E-state index in [1.807, 2.05) is 21.0 Å². The van der Waals surface area contributed by atoms with Crippen molar-refractivity contribution in [2.45, 2.75) is 6.92 Å². The summed E-state index contributed by atoms with van der Waals surface area (Å²) in [6, 6.07) is 0. The highest BCUT2D eigenvalue weighted by molar-refractivity contribution is 6.06. The fourth-order valence-corrected chi connectivity index (χ4v) is 0.869. The predicted octanol–water partition coefficient (Wildman–Crippen LogP) is 1.79. The summed E-state index contributed by atoms with van der Waals surface area (Å²) in [5.74, 6) is 0.278. The van der Waals surface area contributed by atoms with Gasteiger partial charge in [-0.05, 0) is 12.5 Å². The predicted molar refractivity (Wildman–Crippen MR) is 60.3 cm³/mol. The second kappa shape index (κ2) is 5.91. The normalized spacial score (nSPS) is 11.5. The lowest BCUT2D eigenvalue weighted by atomic mass is 10.3. The van der Waals surface area contributed by atoms with Crippen molar-refractivity contribution in [2.75, 3.05) is 14.1 Å². The molecular formula is C11H16N2O. The largest absolute Gasteiger partial charge is 0.362 e. The van der Waals surface area contributed by atoms with Gasteiger partial charge in [-0.15, -0.1) is 0 Å². The Kier molecular flexibility index (Phi) is 5.22. The summed E-state index contributed by atoms with van der Waals surface area (Å²) in [5.41, 5.74) is 0.760. The molecule has 0 N–H and O–H groups in total. The summed E-state index contributed by atoms with van der Waals surface area (Å²) < 4.78 is 0. The van der Waals surface area contributed by atoms with E-state index in [-0.39, 0.29) is 5.91 Å². The summed E-state index contributed by atoms with van der Waals surface area (Å²) in [6.45, 7) is 9.02. The smallest absolute Gasteiger partial charge is 0.271 e. The minimum atomic E-state index is -0.309. The number of carbonyl (C=O) groups excluding carboxylic acids is 1. The van der Waals surface area contributed by atoms with Gasteiger partial charge in [-0.2, -0.15) is 4.99 Å². The molecule has 0 unspecified atom stereocenters. The first-order valence-electron chi connectivity index (χ1n) is 4.24. The minimum Gasteiger partial charge on any atom is -0.362 e. The van der Waals surface area contributed by atoms with Crippen LogP contribution in [-0.2, 0) is 4.79 Å². The van der Waals surface area contributed by atoms with E-state index in [4.69, 9.17) is 0 Å². The van der Waals surface area contributed by atoms with Gasteiger partial charge in [0.25, 0.3) is 5.91 Å². The van der Waals surface area contributed by atoms with E-state index < -0.39 is 0 Å². The summed E-state index contributed by atoms with van der Waals surface area (Å²) in [7, 11) is 3.63. The van der Waals surface area contributed by atoms with Crippen LogP contribution in [0.15, 0.2) is 42.0 Å². The zero-order chi connectivity index (χ0) is 11.1. The van der Waals surface area contributed by atoms with Crippen molar-refractivity contribution in [3.05, 3.63) is 37.0 Å². The van der Waals surface area contributed by atoms with E-state index in [0.717, 1.165) is 5.57 Å². The van der Waals surface area contributed by atoms with Crippen LogP contribution < -0.4 is 0 Å². The molecule has 0 fully saturated rings. The van der Waals surface area contributed by atoms with E-state index >= 15 is 0 Å². The Balaban J connectivity index is 4.74. The minimum absolute atomic E-state index is 0.309. The van der Waals surface area contributed by atoms with E-state index in [2.05, 4.69) is 18.2 Å². The van der Waals surface area contributed by atoms with Crippen molar-refractivity contribution in [3.8, 4) is 0 Å². The standard InChI is InChI=1S/C11H16N2O/c1-6-7-8-10(14)12-11(9(2)3)13(4)5/h6-8H,1-2H2,3-5H3/b8-7+,12-11?. The molecule has 1 amide bonds. The fourth-order valence-electron chi connectivity index (χ4n) is 0.869. The molecule has 0 bridgehead atoms. The number of aliphatic imine (C=N–C) groups is 1. The first-order chi connectivity index (χ1) is 6.49. The van der Waals surface area contributed by atoms with Gasteiger partial charge in [-0.1, -0.05) is 25.3 Å². The van der Waals surface area contributed by atoms with Crippen molar-refractivity contribution in [2.24, 2.45) is 4.99 Å². The van der Waals surface area contributed by atoms with Gasteiger partial charge in [-0.25, -0.2) is 0 Å². The topological polar surface area (TPSA) is 32.7 Å². The molecule has 76 valence electrons. The van der Waals surface area contributed by atoms with Crippen molar-refractivity contribution in [1.29, 1.82) is 0 Å². The lowest BCUT2D eigenvalue weighted by molar-refractivity contribution is -0.113. The number of amidine groups is 1. The molecule has 3 nitrogen and oxygen atoms in total. The van der Waals surface area contributed by atoms with E-state index in [1.54, 1.807) is 11.0 Å². The molecule has 0 radical (unpaired) electrons.